The molecule has 0 spiro atoms. The SMILES string of the molecule is CC(=O)O.CCC/C=C/CCCCCCC. The molecule has 1 N–H and O–H groups in total. The van der Waals surface area contributed by atoms with Crippen LogP contribution < -0.4 is 0 Å². The minimum Gasteiger partial charge on any atom is -0.481 e. The molecule has 0 unspecified atom stereocenters. The monoisotopic (exact) mass is 228 g/mol. The first-order valence-electron chi connectivity index (χ1n) is 6.49. The summed E-state index contributed by atoms with van der Waals surface area (Å²) in [6.07, 6.45) is 15.5. The number of carboxylic acid groups (broad SMARTS) is 1. The fraction of sp³-hybridized carbons (Fsp3) is 0.786. The van der Waals surface area contributed by atoms with E-state index in [1.54, 1.807) is 0 Å². The summed E-state index contributed by atoms with van der Waals surface area (Å²) >= 11 is 0. The highest BCUT2D eigenvalue weighted by Crippen LogP contribution is 2.05. The lowest BCUT2D eigenvalue weighted by atomic mass is 10.1. The first-order valence-corrected chi connectivity index (χ1v) is 6.49. The number of aliphatic carboxylic acids is 1. The number of carbonyl (C=O) groups is 1. The Kier molecular flexibility index (Phi) is 18.3. The van der Waals surface area contributed by atoms with E-state index >= 15 is 0 Å². The highest BCUT2D eigenvalue weighted by Gasteiger charge is 1.85. The van der Waals surface area contributed by atoms with Crippen LogP contribution in [0.3, 0.4) is 0 Å². The van der Waals surface area contributed by atoms with Crippen molar-refractivity contribution in [2.45, 2.75) is 72.1 Å². The molecule has 0 atom stereocenters. The average molecular weight is 228 g/mol. The fourth-order valence-corrected chi connectivity index (χ4v) is 1.27. The smallest absolute Gasteiger partial charge is 0.300 e. The van der Waals surface area contributed by atoms with Crippen molar-refractivity contribution >= 4 is 5.97 Å². The molecular formula is C14H28O2. The maximum Gasteiger partial charge on any atom is 0.300 e. The molecule has 0 fully saturated rings. The number of rotatable bonds is 8. The zero-order valence-corrected chi connectivity index (χ0v) is 11.2. The number of allylic oxidation sites excluding steroid dienone is 2. The third-order valence-electron chi connectivity index (χ3n) is 2.10. The second-order valence-corrected chi connectivity index (χ2v) is 3.98. The number of carboxylic acids is 1. The normalized spacial score (nSPS) is 9.94. The van der Waals surface area contributed by atoms with Gasteiger partial charge in [0.15, 0.2) is 0 Å². The van der Waals surface area contributed by atoms with Crippen molar-refractivity contribution in [3.8, 4) is 0 Å². The minimum atomic E-state index is -0.833. The van der Waals surface area contributed by atoms with Crippen LogP contribution in [0, 0.1) is 0 Å². The summed E-state index contributed by atoms with van der Waals surface area (Å²) in [5.41, 5.74) is 0. The van der Waals surface area contributed by atoms with Gasteiger partial charge in [0.05, 0.1) is 0 Å². The van der Waals surface area contributed by atoms with Crippen LogP contribution in [-0.2, 0) is 4.79 Å². The van der Waals surface area contributed by atoms with Gasteiger partial charge in [-0.25, -0.2) is 0 Å². The third kappa shape index (κ3) is 29.2. The summed E-state index contributed by atoms with van der Waals surface area (Å²) in [5.74, 6) is -0.833. The Balaban J connectivity index is 0. The summed E-state index contributed by atoms with van der Waals surface area (Å²) in [4.78, 5) is 9.00. The van der Waals surface area contributed by atoms with E-state index in [-0.39, 0.29) is 0 Å². The van der Waals surface area contributed by atoms with Crippen molar-refractivity contribution in [3.63, 3.8) is 0 Å². The Bertz CT molecular complexity index is 158. The Hall–Kier alpha value is -0.790. The van der Waals surface area contributed by atoms with E-state index in [4.69, 9.17) is 9.90 Å². The molecule has 0 amide bonds. The van der Waals surface area contributed by atoms with Crippen LogP contribution in [0.25, 0.3) is 0 Å². The molecule has 0 aliphatic rings. The van der Waals surface area contributed by atoms with Gasteiger partial charge in [-0.1, -0.05) is 58.1 Å². The largest absolute Gasteiger partial charge is 0.481 e. The Labute approximate surface area is 101 Å². The molecule has 0 aromatic heterocycles. The molecule has 0 aromatic carbocycles. The summed E-state index contributed by atoms with van der Waals surface area (Å²) in [6, 6.07) is 0. The van der Waals surface area contributed by atoms with E-state index in [2.05, 4.69) is 26.0 Å². The van der Waals surface area contributed by atoms with E-state index in [9.17, 15) is 0 Å². The second kappa shape index (κ2) is 16.6. The number of hydrogen-bond donors (Lipinski definition) is 1. The second-order valence-electron chi connectivity index (χ2n) is 3.98. The zero-order valence-electron chi connectivity index (χ0n) is 11.2. The molecule has 0 bridgehead atoms. The number of hydrogen-bond acceptors (Lipinski definition) is 1. The molecule has 16 heavy (non-hydrogen) atoms. The molecule has 0 aromatic rings. The van der Waals surface area contributed by atoms with Crippen LogP contribution in [0.2, 0.25) is 0 Å². The molecule has 0 heterocycles. The lowest BCUT2D eigenvalue weighted by Gasteiger charge is -1.95. The molecule has 0 rings (SSSR count). The van der Waals surface area contributed by atoms with E-state index < -0.39 is 5.97 Å². The highest BCUT2D eigenvalue weighted by atomic mass is 16.4. The maximum atomic E-state index is 9.00. The summed E-state index contributed by atoms with van der Waals surface area (Å²) in [6.45, 7) is 5.58. The quantitative estimate of drug-likeness (QED) is 0.479. The van der Waals surface area contributed by atoms with Crippen molar-refractivity contribution in [2.75, 3.05) is 0 Å². The Morgan fingerprint density at radius 2 is 1.44 bits per heavy atom. The maximum absolute atomic E-state index is 9.00. The van der Waals surface area contributed by atoms with Gasteiger partial charge < -0.3 is 5.11 Å². The molecule has 2 heteroatoms. The molecule has 0 aliphatic carbocycles. The van der Waals surface area contributed by atoms with Crippen LogP contribution in [0.1, 0.15) is 72.1 Å². The zero-order chi connectivity index (χ0) is 12.6. The number of unbranched alkanes of at least 4 members (excludes halogenated alkanes) is 6. The van der Waals surface area contributed by atoms with Crippen LogP contribution in [-0.4, -0.2) is 11.1 Å². The molecule has 0 aliphatic heterocycles. The third-order valence-corrected chi connectivity index (χ3v) is 2.10. The Morgan fingerprint density at radius 3 is 1.94 bits per heavy atom. The van der Waals surface area contributed by atoms with Gasteiger partial charge in [0, 0.05) is 6.92 Å². The van der Waals surface area contributed by atoms with Gasteiger partial charge in [-0.05, 0) is 19.3 Å². The fourth-order valence-electron chi connectivity index (χ4n) is 1.27. The first kappa shape index (κ1) is 17.6. The van der Waals surface area contributed by atoms with Crippen molar-refractivity contribution < 1.29 is 9.90 Å². The standard InChI is InChI=1S/C12H24.C2H4O2/c1-3-5-7-9-11-12-10-8-6-4-2;1-2(3)4/h7,9H,3-6,8,10-12H2,1-2H3;1H3,(H,3,4)/b9-7+;. The van der Waals surface area contributed by atoms with Gasteiger partial charge in [-0.3, -0.25) is 4.79 Å². The predicted molar refractivity (Wildman–Crippen MR) is 70.7 cm³/mol. The molecule has 2 nitrogen and oxygen atoms in total. The van der Waals surface area contributed by atoms with Crippen molar-refractivity contribution in [2.24, 2.45) is 0 Å². The van der Waals surface area contributed by atoms with Crippen LogP contribution in [0.4, 0.5) is 0 Å². The van der Waals surface area contributed by atoms with Gasteiger partial charge in [-0.15, -0.1) is 0 Å². The minimum absolute atomic E-state index is 0.833. The molecule has 0 saturated carbocycles. The van der Waals surface area contributed by atoms with Gasteiger partial charge in [0.1, 0.15) is 0 Å². The van der Waals surface area contributed by atoms with Gasteiger partial charge in [0.2, 0.25) is 0 Å². The van der Waals surface area contributed by atoms with E-state index in [0.717, 1.165) is 6.92 Å². The van der Waals surface area contributed by atoms with E-state index in [1.807, 2.05) is 0 Å². The molecule has 96 valence electrons. The topological polar surface area (TPSA) is 37.3 Å². The average Bonchev–Trinajstić information content (AvgIpc) is 2.21. The predicted octanol–water partition coefficient (Wildman–Crippen LogP) is 4.79. The van der Waals surface area contributed by atoms with Crippen molar-refractivity contribution in [3.05, 3.63) is 12.2 Å². The highest BCUT2D eigenvalue weighted by molar-refractivity contribution is 5.62. The first-order chi connectivity index (χ1) is 7.65. The van der Waals surface area contributed by atoms with Gasteiger partial charge >= 0.3 is 0 Å². The lowest BCUT2D eigenvalue weighted by Crippen LogP contribution is -1.78. The summed E-state index contributed by atoms with van der Waals surface area (Å²) in [5, 5.41) is 7.42. The van der Waals surface area contributed by atoms with Crippen LogP contribution in [0.5, 0.6) is 0 Å². The van der Waals surface area contributed by atoms with E-state index in [0.29, 0.717) is 0 Å². The van der Waals surface area contributed by atoms with Crippen LogP contribution >= 0.6 is 0 Å². The summed E-state index contributed by atoms with van der Waals surface area (Å²) in [7, 11) is 0. The molecule has 0 radical (unpaired) electrons. The Morgan fingerprint density at radius 1 is 0.938 bits per heavy atom. The lowest BCUT2D eigenvalue weighted by molar-refractivity contribution is -0.134. The van der Waals surface area contributed by atoms with E-state index in [1.165, 1.54) is 51.4 Å². The van der Waals surface area contributed by atoms with Crippen molar-refractivity contribution in [1.82, 2.24) is 0 Å². The molecule has 0 saturated heterocycles. The molecular weight excluding hydrogens is 200 g/mol. The summed E-state index contributed by atoms with van der Waals surface area (Å²) < 4.78 is 0. The van der Waals surface area contributed by atoms with Gasteiger partial charge in [-0.2, -0.15) is 0 Å². The van der Waals surface area contributed by atoms with Crippen molar-refractivity contribution in [1.29, 1.82) is 0 Å². The van der Waals surface area contributed by atoms with Crippen LogP contribution in [0.15, 0.2) is 12.2 Å². The van der Waals surface area contributed by atoms with Gasteiger partial charge in [0.25, 0.3) is 5.97 Å².